The number of hydrogen-bond acceptors (Lipinski definition) is 4. The highest BCUT2D eigenvalue weighted by atomic mass is 79.9. The van der Waals surface area contributed by atoms with Crippen molar-refractivity contribution in [2.24, 2.45) is 5.92 Å². The molecule has 1 aromatic heterocycles. The number of hydrogen-bond donors (Lipinski definition) is 0. The van der Waals surface area contributed by atoms with Crippen LogP contribution in [0.15, 0.2) is 4.73 Å². The molecule has 5 nitrogen and oxygen atoms in total. The number of ether oxygens (including phenoxy) is 1. The lowest BCUT2D eigenvalue weighted by Crippen LogP contribution is -2.61. The summed E-state index contributed by atoms with van der Waals surface area (Å²) in [5.74, 6) is 0.680. The maximum absolute atomic E-state index is 6.11. The van der Waals surface area contributed by atoms with Gasteiger partial charge in [0.2, 0.25) is 4.73 Å². The lowest BCUT2D eigenvalue weighted by Gasteiger charge is -2.49. The van der Waals surface area contributed by atoms with Crippen molar-refractivity contribution in [3.05, 3.63) is 4.73 Å². The Balaban J connectivity index is 1.69. The van der Waals surface area contributed by atoms with Gasteiger partial charge in [0, 0.05) is 12.5 Å². The van der Waals surface area contributed by atoms with E-state index in [4.69, 9.17) is 4.74 Å². The van der Waals surface area contributed by atoms with E-state index in [9.17, 15) is 0 Å². The van der Waals surface area contributed by atoms with E-state index in [1.54, 1.807) is 0 Å². The van der Waals surface area contributed by atoms with Gasteiger partial charge in [0.05, 0.1) is 6.54 Å². The second kappa shape index (κ2) is 2.98. The number of aromatic nitrogens is 3. The average Bonchev–Trinajstić information content (AvgIpc) is 2.73. The van der Waals surface area contributed by atoms with Gasteiger partial charge in [-0.15, -0.1) is 5.10 Å². The first-order valence-corrected chi connectivity index (χ1v) is 6.56. The summed E-state index contributed by atoms with van der Waals surface area (Å²) < 4.78 is 8.63. The van der Waals surface area contributed by atoms with Crippen LogP contribution < -0.4 is 4.74 Å². The zero-order chi connectivity index (χ0) is 10.8. The van der Waals surface area contributed by atoms with Gasteiger partial charge < -0.3 is 4.74 Å². The summed E-state index contributed by atoms with van der Waals surface area (Å²) in [5, 5.41) is 4.30. The highest BCUT2D eigenvalue weighted by Gasteiger charge is 2.53. The van der Waals surface area contributed by atoms with Crippen LogP contribution in [-0.4, -0.2) is 44.9 Å². The van der Waals surface area contributed by atoms with Crippen LogP contribution in [0.1, 0.15) is 12.8 Å². The predicted octanol–water partition coefficient (Wildman–Crippen LogP) is 0.897. The normalized spacial score (nSPS) is 40.1. The van der Waals surface area contributed by atoms with Gasteiger partial charge in [0.1, 0.15) is 5.60 Å². The van der Waals surface area contributed by atoms with Crippen molar-refractivity contribution in [2.75, 3.05) is 19.6 Å². The van der Waals surface area contributed by atoms with Gasteiger partial charge in [-0.05, 0) is 41.9 Å². The minimum atomic E-state index is -0.0352. The van der Waals surface area contributed by atoms with Gasteiger partial charge >= 0.3 is 6.01 Å². The third kappa shape index (κ3) is 1.14. The molecule has 16 heavy (non-hydrogen) atoms. The molecule has 5 rings (SSSR count). The molecule has 4 aliphatic heterocycles. The Morgan fingerprint density at radius 2 is 2.12 bits per heavy atom. The molecule has 5 heterocycles. The standard InChI is InChI=1S/C10H13BrN4O/c11-8-12-9-15(13-8)6-10(16-9)5-14-3-1-7(10)2-4-14/h7H,1-6H2. The Morgan fingerprint density at radius 1 is 1.31 bits per heavy atom. The largest absolute Gasteiger partial charge is 0.453 e. The molecule has 0 aliphatic carbocycles. The molecular weight excluding hydrogens is 272 g/mol. The van der Waals surface area contributed by atoms with Crippen molar-refractivity contribution in [3.8, 4) is 6.01 Å². The fourth-order valence-corrected chi connectivity index (χ4v) is 3.71. The number of piperidine rings is 3. The number of rotatable bonds is 0. The van der Waals surface area contributed by atoms with Crippen molar-refractivity contribution in [3.63, 3.8) is 0 Å². The topological polar surface area (TPSA) is 43.2 Å². The molecule has 0 amide bonds. The number of halogens is 1. The first-order chi connectivity index (χ1) is 7.75. The van der Waals surface area contributed by atoms with Gasteiger partial charge in [-0.25, -0.2) is 4.68 Å². The van der Waals surface area contributed by atoms with Crippen molar-refractivity contribution in [2.45, 2.75) is 25.0 Å². The van der Waals surface area contributed by atoms with E-state index in [0.29, 0.717) is 16.7 Å². The summed E-state index contributed by atoms with van der Waals surface area (Å²) in [6.07, 6.45) is 2.51. The summed E-state index contributed by atoms with van der Waals surface area (Å²) in [7, 11) is 0. The summed E-state index contributed by atoms with van der Waals surface area (Å²) in [4.78, 5) is 6.75. The van der Waals surface area contributed by atoms with Crippen LogP contribution in [0.3, 0.4) is 0 Å². The van der Waals surface area contributed by atoms with Gasteiger partial charge in [0.25, 0.3) is 0 Å². The second-order valence-corrected chi connectivity index (χ2v) is 5.75. The fourth-order valence-electron chi connectivity index (χ4n) is 3.37. The van der Waals surface area contributed by atoms with Crippen LogP contribution in [-0.2, 0) is 6.54 Å². The molecule has 1 atom stereocenters. The zero-order valence-corrected chi connectivity index (χ0v) is 10.5. The van der Waals surface area contributed by atoms with Gasteiger partial charge in [-0.2, -0.15) is 4.98 Å². The SMILES string of the molecule is Brc1nc2n(n1)CC1(CN3CCC1CC3)O2. The third-order valence-electron chi connectivity index (χ3n) is 4.15. The molecule has 0 aromatic carbocycles. The van der Waals surface area contributed by atoms with E-state index >= 15 is 0 Å². The lowest BCUT2D eigenvalue weighted by molar-refractivity contribution is -0.0840. The first-order valence-electron chi connectivity index (χ1n) is 5.77. The zero-order valence-electron chi connectivity index (χ0n) is 8.90. The van der Waals surface area contributed by atoms with Gasteiger partial charge in [-0.3, -0.25) is 4.90 Å². The number of nitrogens with zero attached hydrogens (tertiary/aromatic N) is 4. The van der Waals surface area contributed by atoms with Crippen molar-refractivity contribution in [1.29, 1.82) is 0 Å². The molecule has 1 spiro atoms. The van der Waals surface area contributed by atoms with Crippen molar-refractivity contribution in [1.82, 2.24) is 19.7 Å². The average molecular weight is 285 g/mol. The Hall–Kier alpha value is -0.620. The smallest absolute Gasteiger partial charge is 0.316 e. The maximum atomic E-state index is 6.11. The minimum absolute atomic E-state index is 0.0352. The van der Waals surface area contributed by atoms with Crippen LogP contribution in [0.2, 0.25) is 0 Å². The third-order valence-corrected chi connectivity index (χ3v) is 4.48. The monoisotopic (exact) mass is 284 g/mol. The molecule has 0 saturated carbocycles. The Kier molecular flexibility index (Phi) is 1.75. The summed E-state index contributed by atoms with van der Waals surface area (Å²) >= 11 is 3.28. The van der Waals surface area contributed by atoms with Crippen LogP contribution in [0.25, 0.3) is 0 Å². The molecule has 6 heteroatoms. The lowest BCUT2D eigenvalue weighted by atomic mass is 9.75. The first kappa shape index (κ1) is 9.41. The molecule has 0 N–H and O–H groups in total. The summed E-state index contributed by atoms with van der Waals surface area (Å²) in [6.45, 7) is 4.37. The molecule has 1 aromatic rings. The van der Waals surface area contributed by atoms with E-state index in [-0.39, 0.29) is 5.60 Å². The van der Waals surface area contributed by atoms with Gasteiger partial charge in [0.15, 0.2) is 0 Å². The molecule has 4 aliphatic rings. The molecule has 3 saturated heterocycles. The number of fused-ring (bicyclic) bond motifs is 3. The fraction of sp³-hybridized carbons (Fsp3) is 0.800. The van der Waals surface area contributed by atoms with Crippen LogP contribution >= 0.6 is 15.9 Å². The van der Waals surface area contributed by atoms with Crippen molar-refractivity contribution < 1.29 is 4.74 Å². The van der Waals surface area contributed by atoms with E-state index in [0.717, 1.165) is 13.1 Å². The molecule has 0 radical (unpaired) electrons. The van der Waals surface area contributed by atoms with Crippen LogP contribution in [0.4, 0.5) is 0 Å². The highest BCUT2D eigenvalue weighted by molar-refractivity contribution is 9.10. The second-order valence-electron chi connectivity index (χ2n) is 5.04. The highest BCUT2D eigenvalue weighted by Crippen LogP contribution is 2.43. The van der Waals surface area contributed by atoms with Crippen molar-refractivity contribution >= 4 is 15.9 Å². The quantitative estimate of drug-likeness (QED) is 0.710. The summed E-state index contributed by atoms with van der Waals surface area (Å²) in [6, 6.07) is 0.681. The Labute approximate surface area is 102 Å². The molecular formula is C10H13BrN4O. The predicted molar refractivity (Wildman–Crippen MR) is 60.2 cm³/mol. The van der Waals surface area contributed by atoms with E-state index in [1.807, 2.05) is 4.68 Å². The van der Waals surface area contributed by atoms with E-state index < -0.39 is 0 Å². The Bertz CT molecular complexity index is 415. The molecule has 3 fully saturated rings. The Morgan fingerprint density at radius 3 is 2.75 bits per heavy atom. The minimum Gasteiger partial charge on any atom is -0.453 e. The van der Waals surface area contributed by atoms with E-state index in [1.165, 1.54) is 25.9 Å². The van der Waals surface area contributed by atoms with Crippen LogP contribution in [0, 0.1) is 5.92 Å². The summed E-state index contributed by atoms with van der Waals surface area (Å²) in [5.41, 5.74) is -0.0352. The molecule has 2 bridgehead atoms. The molecule has 1 unspecified atom stereocenters. The van der Waals surface area contributed by atoms with Gasteiger partial charge in [-0.1, -0.05) is 0 Å². The van der Waals surface area contributed by atoms with E-state index in [2.05, 4.69) is 30.9 Å². The maximum Gasteiger partial charge on any atom is 0.316 e. The van der Waals surface area contributed by atoms with Crippen LogP contribution in [0.5, 0.6) is 6.01 Å². The molecule has 86 valence electrons.